The van der Waals surface area contributed by atoms with Gasteiger partial charge in [0.15, 0.2) is 0 Å². The van der Waals surface area contributed by atoms with Gasteiger partial charge in [-0.3, -0.25) is 4.99 Å². The highest BCUT2D eigenvalue weighted by molar-refractivity contribution is 6.20. The average Bonchev–Trinajstić information content (AvgIpc) is 3.41. The second-order valence-corrected chi connectivity index (χ2v) is 8.29. The highest BCUT2D eigenvalue weighted by Gasteiger charge is 2.33. The van der Waals surface area contributed by atoms with Gasteiger partial charge in [0.25, 0.3) is 0 Å². The molecule has 5 aromatic rings. The summed E-state index contributed by atoms with van der Waals surface area (Å²) in [5.74, 6) is -2.14. The smallest absolute Gasteiger partial charge is 0.227 e. The van der Waals surface area contributed by atoms with Crippen LogP contribution in [0.25, 0.3) is 22.1 Å². The number of aromatic nitrogens is 1. The summed E-state index contributed by atoms with van der Waals surface area (Å²) in [4.78, 5) is 9.61. The van der Waals surface area contributed by atoms with Gasteiger partial charge in [-0.1, -0.05) is 68.4 Å². The molecule has 1 aliphatic rings. The minimum absolute atomic E-state index is 0.349. The number of pyridine rings is 1. The summed E-state index contributed by atoms with van der Waals surface area (Å²) in [6.45, 7) is 0.895. The highest BCUT2D eigenvalue weighted by atomic mass is 16.3. The molecule has 1 aliphatic heterocycles. The molecule has 0 saturated heterocycles. The second-order valence-electron chi connectivity index (χ2n) is 8.29. The van der Waals surface area contributed by atoms with Gasteiger partial charge in [0.1, 0.15) is 5.58 Å². The van der Waals surface area contributed by atoms with Crippen LogP contribution in [0.4, 0.5) is 5.69 Å². The zero-order valence-electron chi connectivity index (χ0n) is 21.9. The van der Waals surface area contributed by atoms with E-state index in [4.69, 9.17) is 14.9 Å². The fourth-order valence-corrected chi connectivity index (χ4v) is 4.77. The molecule has 3 heterocycles. The lowest BCUT2D eigenvalue weighted by atomic mass is 9.81. The molecular weight excluding hydrogens is 392 g/mol. The zero-order chi connectivity index (χ0) is 25.2. The van der Waals surface area contributed by atoms with Crippen LogP contribution in [0.15, 0.2) is 88.3 Å². The van der Waals surface area contributed by atoms with Crippen molar-refractivity contribution in [3.05, 3.63) is 107 Å². The number of aliphatic imine (C=N–C) groups is 1. The quantitative estimate of drug-likeness (QED) is 0.300. The van der Waals surface area contributed by atoms with E-state index in [0.29, 0.717) is 16.9 Å². The van der Waals surface area contributed by atoms with Crippen molar-refractivity contribution in [2.75, 3.05) is 0 Å². The average molecular weight is 421 g/mol. The van der Waals surface area contributed by atoms with Crippen LogP contribution in [0.3, 0.4) is 0 Å². The van der Waals surface area contributed by atoms with Crippen molar-refractivity contribution in [1.82, 2.24) is 4.98 Å². The largest absolute Gasteiger partial charge is 0.437 e. The van der Waals surface area contributed by atoms with Crippen LogP contribution in [-0.2, 0) is 0 Å². The van der Waals surface area contributed by atoms with Crippen LogP contribution in [0.2, 0.25) is 0 Å². The number of hydrogen-bond acceptors (Lipinski definition) is 3. The first-order chi connectivity index (χ1) is 17.2. The van der Waals surface area contributed by atoms with Crippen LogP contribution in [0, 0.1) is 6.92 Å². The number of fused-ring (bicyclic) bond motifs is 4. The van der Waals surface area contributed by atoms with Crippen molar-refractivity contribution < 1.29 is 9.90 Å². The van der Waals surface area contributed by atoms with Gasteiger partial charge >= 0.3 is 0 Å². The Morgan fingerprint density at radius 2 is 1.72 bits per heavy atom. The minimum Gasteiger partial charge on any atom is -0.437 e. The third kappa shape index (κ3) is 2.81. The Labute approximate surface area is 193 Å². The van der Waals surface area contributed by atoms with Gasteiger partial charge < -0.3 is 4.42 Å². The summed E-state index contributed by atoms with van der Waals surface area (Å²) >= 11 is 0. The Morgan fingerprint density at radius 3 is 2.59 bits per heavy atom. The third-order valence-electron chi connectivity index (χ3n) is 6.22. The minimum atomic E-state index is -2.50. The molecule has 2 unspecified atom stereocenters. The predicted molar refractivity (Wildman–Crippen MR) is 131 cm³/mol. The van der Waals surface area contributed by atoms with E-state index in [1.807, 2.05) is 73.7 Å². The SMILES string of the molecule is [2H]C([2H])([2H])C([2H])(C)c1ccccc1C1C(c2cccc3c2oc2nc(C)ccc23)=Nc2ccccc21. The summed E-state index contributed by atoms with van der Waals surface area (Å²) < 4.78 is 39.4. The van der Waals surface area contributed by atoms with Crippen molar-refractivity contribution in [1.29, 1.82) is 0 Å². The second kappa shape index (κ2) is 7.16. The number of aryl methyl sites for hydroxylation is 1. The van der Waals surface area contributed by atoms with E-state index in [1.54, 1.807) is 12.1 Å². The Balaban J connectivity index is 1.62. The topological polar surface area (TPSA) is 38.4 Å². The van der Waals surface area contributed by atoms with E-state index in [0.717, 1.165) is 44.6 Å². The molecule has 32 heavy (non-hydrogen) atoms. The van der Waals surface area contributed by atoms with Gasteiger partial charge in [-0.15, -0.1) is 0 Å². The lowest BCUT2D eigenvalue weighted by Gasteiger charge is -2.21. The maximum Gasteiger partial charge on any atom is 0.227 e. The molecule has 3 nitrogen and oxygen atoms in total. The van der Waals surface area contributed by atoms with Gasteiger partial charge in [-0.25, -0.2) is 4.98 Å². The van der Waals surface area contributed by atoms with Crippen molar-refractivity contribution in [2.24, 2.45) is 4.99 Å². The maximum absolute atomic E-state index is 8.87. The molecule has 3 aromatic carbocycles. The van der Waals surface area contributed by atoms with Gasteiger partial charge in [-0.05, 0) is 53.8 Å². The first kappa shape index (κ1) is 15.1. The maximum atomic E-state index is 8.87. The summed E-state index contributed by atoms with van der Waals surface area (Å²) in [5, 5.41) is 1.89. The molecule has 6 rings (SSSR count). The number of benzene rings is 3. The number of para-hydroxylation sites is 2. The van der Waals surface area contributed by atoms with Crippen molar-refractivity contribution in [3.8, 4) is 0 Å². The summed E-state index contributed by atoms with van der Waals surface area (Å²) in [7, 11) is 0. The molecule has 3 heteroatoms. The van der Waals surface area contributed by atoms with E-state index in [-0.39, 0.29) is 5.92 Å². The molecule has 0 radical (unpaired) electrons. The van der Waals surface area contributed by atoms with Crippen molar-refractivity contribution in [3.63, 3.8) is 0 Å². The first-order valence-corrected chi connectivity index (χ1v) is 10.7. The lowest BCUT2D eigenvalue weighted by Crippen LogP contribution is -2.14. The molecule has 0 saturated carbocycles. The molecule has 0 fully saturated rings. The Morgan fingerprint density at radius 1 is 0.906 bits per heavy atom. The van der Waals surface area contributed by atoms with Crippen LogP contribution >= 0.6 is 0 Å². The number of hydrogen-bond donors (Lipinski definition) is 0. The summed E-state index contributed by atoms with van der Waals surface area (Å²) in [6, 6.07) is 25.2. The van der Waals surface area contributed by atoms with E-state index in [2.05, 4.69) is 4.98 Å². The van der Waals surface area contributed by atoms with Crippen molar-refractivity contribution in [2.45, 2.75) is 32.5 Å². The Hall–Kier alpha value is -3.72. The molecule has 0 amide bonds. The molecule has 0 aliphatic carbocycles. The first-order valence-electron chi connectivity index (χ1n) is 12.7. The highest BCUT2D eigenvalue weighted by Crippen LogP contribution is 2.45. The van der Waals surface area contributed by atoms with Gasteiger partial charge in [0, 0.05) is 27.5 Å². The molecule has 2 aromatic heterocycles. The van der Waals surface area contributed by atoms with Crippen LogP contribution in [-0.4, -0.2) is 10.7 Å². The van der Waals surface area contributed by atoms with Gasteiger partial charge in [0.05, 0.1) is 17.3 Å². The van der Waals surface area contributed by atoms with Crippen molar-refractivity contribution >= 4 is 33.5 Å². The van der Waals surface area contributed by atoms with E-state index >= 15 is 0 Å². The van der Waals surface area contributed by atoms with Crippen LogP contribution in [0.1, 0.15) is 59.0 Å². The Bertz CT molecular complexity index is 1680. The van der Waals surface area contributed by atoms with E-state index < -0.39 is 12.7 Å². The van der Waals surface area contributed by atoms with E-state index in [1.165, 1.54) is 6.92 Å². The fraction of sp³-hybridized carbons (Fsp3) is 0.172. The summed E-state index contributed by atoms with van der Waals surface area (Å²) in [6.07, 6.45) is 0. The van der Waals surface area contributed by atoms with Crippen LogP contribution < -0.4 is 0 Å². The standard InChI is InChI=1S/C29H24N2O/c1-17(2)19-9-4-5-10-20(19)26-23-11-6-7-14-25(23)31-27(26)24-13-8-12-21-22-16-15-18(3)30-29(22)32-28(21)24/h4-17,26H,1-3H3/i1D3,17D. The molecular formula is C29H24N2O. The van der Waals surface area contributed by atoms with Gasteiger partial charge in [-0.2, -0.15) is 0 Å². The lowest BCUT2D eigenvalue weighted by molar-refractivity contribution is 0.651. The molecule has 0 N–H and O–H groups in total. The third-order valence-corrected chi connectivity index (χ3v) is 6.22. The monoisotopic (exact) mass is 420 g/mol. The molecule has 0 bridgehead atoms. The zero-order valence-corrected chi connectivity index (χ0v) is 17.9. The predicted octanol–water partition coefficient (Wildman–Crippen LogP) is 7.68. The Kier molecular flexibility index (Phi) is 3.39. The number of rotatable bonds is 3. The molecule has 0 spiro atoms. The number of furan rings is 1. The summed E-state index contributed by atoms with van der Waals surface area (Å²) in [5.41, 5.74) is 6.78. The molecule has 156 valence electrons. The van der Waals surface area contributed by atoms with Gasteiger partial charge in [0.2, 0.25) is 5.71 Å². The normalized spacial score (nSPS) is 19.6. The molecule has 2 atom stereocenters. The fourth-order valence-electron chi connectivity index (χ4n) is 4.77. The number of nitrogens with zero attached hydrogens (tertiary/aromatic N) is 2. The van der Waals surface area contributed by atoms with E-state index in [9.17, 15) is 0 Å². The van der Waals surface area contributed by atoms with Crippen LogP contribution in [0.5, 0.6) is 0 Å².